The first kappa shape index (κ1) is 13.5. The van der Waals surface area contributed by atoms with Gasteiger partial charge in [-0.1, -0.05) is 13.8 Å². The van der Waals surface area contributed by atoms with Gasteiger partial charge in [0.2, 0.25) is 0 Å². The number of carbonyl (C=O) groups is 1. The molecular weight excluding hydrogens is 223 g/mol. The maximum absolute atomic E-state index is 13.4. The van der Waals surface area contributed by atoms with Crippen molar-refractivity contribution in [2.45, 2.75) is 32.6 Å². The van der Waals surface area contributed by atoms with Gasteiger partial charge in [0.15, 0.2) is 0 Å². The summed E-state index contributed by atoms with van der Waals surface area (Å²) in [7, 11) is 1.45. The molecule has 1 aromatic rings. The molecular formula is C13H17FO3. The van der Waals surface area contributed by atoms with Crippen LogP contribution in [0.4, 0.5) is 4.39 Å². The van der Waals surface area contributed by atoms with Crippen LogP contribution < -0.4 is 4.74 Å². The Morgan fingerprint density at radius 2 is 1.94 bits per heavy atom. The Labute approximate surface area is 100 Å². The molecule has 0 aliphatic rings. The Morgan fingerprint density at radius 3 is 2.35 bits per heavy atom. The molecule has 94 valence electrons. The minimum atomic E-state index is -0.973. The first-order valence-corrected chi connectivity index (χ1v) is 5.48. The summed E-state index contributed by atoms with van der Waals surface area (Å²) in [4.78, 5) is 11.0. The third-order valence-corrected chi connectivity index (χ3v) is 2.77. The number of hydrogen-bond acceptors (Lipinski definition) is 2. The Hall–Kier alpha value is -1.58. The fourth-order valence-electron chi connectivity index (χ4n) is 1.89. The Kier molecular flexibility index (Phi) is 4.10. The topological polar surface area (TPSA) is 46.5 Å². The highest BCUT2D eigenvalue weighted by Gasteiger charge is 2.23. The lowest BCUT2D eigenvalue weighted by molar-refractivity contribution is -0.138. The number of methoxy groups -OCH3 is 1. The summed E-state index contributed by atoms with van der Waals surface area (Å²) in [5.74, 6) is -1.73. The molecule has 17 heavy (non-hydrogen) atoms. The van der Waals surface area contributed by atoms with Crippen LogP contribution in [-0.2, 0) is 4.79 Å². The summed E-state index contributed by atoms with van der Waals surface area (Å²) < 4.78 is 18.5. The van der Waals surface area contributed by atoms with Crippen molar-refractivity contribution >= 4 is 5.97 Å². The van der Waals surface area contributed by atoms with Crippen molar-refractivity contribution in [2.24, 2.45) is 0 Å². The molecule has 0 aliphatic heterocycles. The van der Waals surface area contributed by atoms with E-state index < -0.39 is 17.7 Å². The molecule has 0 fully saturated rings. The molecule has 0 amide bonds. The third-order valence-electron chi connectivity index (χ3n) is 2.77. The van der Waals surface area contributed by atoms with Gasteiger partial charge < -0.3 is 9.84 Å². The van der Waals surface area contributed by atoms with Crippen LogP contribution in [0.3, 0.4) is 0 Å². The van der Waals surface area contributed by atoms with Crippen LogP contribution in [0.2, 0.25) is 0 Å². The quantitative estimate of drug-likeness (QED) is 0.879. The van der Waals surface area contributed by atoms with Crippen LogP contribution in [0.1, 0.15) is 43.7 Å². The summed E-state index contributed by atoms with van der Waals surface area (Å²) in [5, 5.41) is 9.03. The fourth-order valence-corrected chi connectivity index (χ4v) is 1.89. The monoisotopic (exact) mass is 240 g/mol. The van der Waals surface area contributed by atoms with Crippen molar-refractivity contribution in [3.63, 3.8) is 0 Å². The van der Waals surface area contributed by atoms with Gasteiger partial charge in [-0.05, 0) is 24.5 Å². The first-order chi connectivity index (χ1) is 7.88. The zero-order chi connectivity index (χ0) is 13.2. The molecule has 1 atom stereocenters. The van der Waals surface area contributed by atoms with E-state index >= 15 is 0 Å². The minimum absolute atomic E-state index is 0.0716. The van der Waals surface area contributed by atoms with Crippen molar-refractivity contribution in [1.82, 2.24) is 0 Å². The van der Waals surface area contributed by atoms with Gasteiger partial charge >= 0.3 is 5.97 Å². The maximum Gasteiger partial charge on any atom is 0.310 e. The number of halogens is 1. The van der Waals surface area contributed by atoms with E-state index in [4.69, 9.17) is 9.84 Å². The normalized spacial score (nSPS) is 12.6. The van der Waals surface area contributed by atoms with E-state index in [1.54, 1.807) is 6.92 Å². The smallest absolute Gasteiger partial charge is 0.310 e. The standard InChI is InChI=1S/C13H17FO3/c1-7(2)12-10(8(3)13(15)16)5-9(14)6-11(12)17-4/h5-8H,1-4H3,(H,15,16). The maximum atomic E-state index is 13.4. The minimum Gasteiger partial charge on any atom is -0.496 e. The summed E-state index contributed by atoms with van der Waals surface area (Å²) in [6, 6.07) is 2.56. The molecule has 1 rings (SSSR count). The second-order valence-corrected chi connectivity index (χ2v) is 4.33. The van der Waals surface area contributed by atoms with Crippen molar-refractivity contribution in [3.8, 4) is 5.75 Å². The van der Waals surface area contributed by atoms with E-state index in [0.717, 1.165) is 5.56 Å². The van der Waals surface area contributed by atoms with Crippen molar-refractivity contribution in [2.75, 3.05) is 7.11 Å². The van der Waals surface area contributed by atoms with Gasteiger partial charge in [0.25, 0.3) is 0 Å². The highest BCUT2D eigenvalue weighted by molar-refractivity contribution is 5.76. The molecule has 0 aliphatic carbocycles. The van der Waals surface area contributed by atoms with Gasteiger partial charge in [-0.25, -0.2) is 4.39 Å². The largest absolute Gasteiger partial charge is 0.496 e. The highest BCUT2D eigenvalue weighted by Crippen LogP contribution is 2.35. The molecule has 0 spiro atoms. The van der Waals surface area contributed by atoms with Crippen LogP contribution >= 0.6 is 0 Å². The zero-order valence-electron chi connectivity index (χ0n) is 10.5. The predicted molar refractivity (Wildman–Crippen MR) is 63.1 cm³/mol. The lowest BCUT2D eigenvalue weighted by Gasteiger charge is -2.19. The molecule has 4 heteroatoms. The second-order valence-electron chi connectivity index (χ2n) is 4.33. The average molecular weight is 240 g/mol. The van der Waals surface area contributed by atoms with Crippen LogP contribution in [0.5, 0.6) is 5.75 Å². The van der Waals surface area contributed by atoms with Gasteiger partial charge in [0.05, 0.1) is 13.0 Å². The van der Waals surface area contributed by atoms with E-state index in [1.807, 2.05) is 13.8 Å². The SMILES string of the molecule is COc1cc(F)cc(C(C)C(=O)O)c1C(C)C. The van der Waals surface area contributed by atoms with Gasteiger partial charge in [-0.3, -0.25) is 4.79 Å². The predicted octanol–water partition coefficient (Wildman–Crippen LogP) is 3.15. The Balaban J connectivity index is 3.45. The fraction of sp³-hybridized carbons (Fsp3) is 0.462. The van der Waals surface area contributed by atoms with E-state index in [-0.39, 0.29) is 5.92 Å². The molecule has 0 radical (unpaired) electrons. The van der Waals surface area contributed by atoms with Crippen LogP contribution in [0, 0.1) is 5.82 Å². The molecule has 0 saturated carbocycles. The molecule has 0 bridgehead atoms. The van der Waals surface area contributed by atoms with Crippen LogP contribution in [0.25, 0.3) is 0 Å². The zero-order valence-corrected chi connectivity index (χ0v) is 10.5. The Bertz CT molecular complexity index is 427. The first-order valence-electron chi connectivity index (χ1n) is 5.48. The van der Waals surface area contributed by atoms with Gasteiger partial charge in [0.1, 0.15) is 11.6 Å². The van der Waals surface area contributed by atoms with E-state index in [1.165, 1.54) is 19.2 Å². The number of benzene rings is 1. The van der Waals surface area contributed by atoms with Gasteiger partial charge in [-0.15, -0.1) is 0 Å². The van der Waals surface area contributed by atoms with E-state index in [0.29, 0.717) is 11.3 Å². The molecule has 1 unspecified atom stereocenters. The number of aliphatic carboxylic acids is 1. The molecule has 0 saturated heterocycles. The third kappa shape index (κ3) is 2.75. The van der Waals surface area contributed by atoms with E-state index in [2.05, 4.69) is 0 Å². The number of carboxylic acid groups (broad SMARTS) is 1. The molecule has 1 N–H and O–H groups in total. The van der Waals surface area contributed by atoms with Crippen molar-refractivity contribution in [3.05, 3.63) is 29.1 Å². The van der Waals surface area contributed by atoms with Crippen LogP contribution in [0.15, 0.2) is 12.1 Å². The molecule has 3 nitrogen and oxygen atoms in total. The number of hydrogen-bond donors (Lipinski definition) is 1. The second kappa shape index (κ2) is 5.17. The highest BCUT2D eigenvalue weighted by atomic mass is 19.1. The summed E-state index contributed by atoms with van der Waals surface area (Å²) in [5.41, 5.74) is 1.23. The Morgan fingerprint density at radius 1 is 1.35 bits per heavy atom. The van der Waals surface area contributed by atoms with Gasteiger partial charge in [0, 0.05) is 11.6 Å². The summed E-state index contributed by atoms with van der Waals surface area (Å²) in [6.45, 7) is 5.39. The van der Waals surface area contributed by atoms with Gasteiger partial charge in [-0.2, -0.15) is 0 Å². The van der Waals surface area contributed by atoms with Crippen LogP contribution in [-0.4, -0.2) is 18.2 Å². The lowest BCUT2D eigenvalue weighted by atomic mass is 9.89. The van der Waals surface area contributed by atoms with E-state index in [9.17, 15) is 9.18 Å². The lowest BCUT2D eigenvalue weighted by Crippen LogP contribution is -2.12. The number of carboxylic acids is 1. The number of rotatable bonds is 4. The molecule has 0 heterocycles. The average Bonchev–Trinajstić information content (AvgIpc) is 2.25. The number of ether oxygens (including phenoxy) is 1. The summed E-state index contributed by atoms with van der Waals surface area (Å²) in [6.07, 6.45) is 0. The molecule has 1 aromatic carbocycles. The van der Waals surface area contributed by atoms with Crippen molar-refractivity contribution < 1.29 is 19.0 Å². The summed E-state index contributed by atoms with van der Waals surface area (Å²) >= 11 is 0. The molecule has 0 aromatic heterocycles. The van der Waals surface area contributed by atoms with Crippen molar-refractivity contribution in [1.29, 1.82) is 0 Å².